The molecule has 0 aliphatic carbocycles. The van der Waals surface area contributed by atoms with Crippen LogP contribution in [0.1, 0.15) is 90.1 Å². The lowest BCUT2D eigenvalue weighted by Crippen LogP contribution is -2.35. The van der Waals surface area contributed by atoms with Crippen LogP contribution in [0.4, 0.5) is 0 Å². The molecule has 9 N–H and O–H groups in total. The van der Waals surface area contributed by atoms with Crippen molar-refractivity contribution in [2.75, 3.05) is 14.2 Å². The highest BCUT2D eigenvalue weighted by Gasteiger charge is 2.24. The number of aromatic nitrogens is 15. The van der Waals surface area contributed by atoms with Crippen molar-refractivity contribution in [2.45, 2.75) is 112 Å². The van der Waals surface area contributed by atoms with Gasteiger partial charge in [-0.15, -0.1) is 0 Å². The molecule has 11 aromatic carbocycles. The van der Waals surface area contributed by atoms with Gasteiger partial charge in [-0.05, 0) is 196 Å². The molecule has 0 amide bonds. The van der Waals surface area contributed by atoms with Crippen LogP contribution < -0.4 is 25.8 Å². The molecular weight excluding hydrogens is 1500 g/mol. The van der Waals surface area contributed by atoms with E-state index in [-0.39, 0.29) is 23.2 Å². The van der Waals surface area contributed by atoms with Crippen molar-refractivity contribution in [1.29, 1.82) is 0 Å². The maximum atomic E-state index is 9.85. The van der Waals surface area contributed by atoms with E-state index in [0.717, 1.165) is 202 Å². The number of hydrogen-bond acceptors (Lipinski definition) is 15. The van der Waals surface area contributed by atoms with Gasteiger partial charge in [0.2, 0.25) is 0 Å². The first-order valence-electron chi connectivity index (χ1n) is 40.6. The van der Waals surface area contributed by atoms with Gasteiger partial charge in [0.1, 0.15) is 28.6 Å². The molecule has 0 saturated heterocycles. The number of benzene rings is 11. The van der Waals surface area contributed by atoms with Crippen LogP contribution in [0.15, 0.2) is 268 Å². The number of imidazole rings is 3. The predicted octanol–water partition coefficient (Wildman–Crippen LogP) is 21.0. The lowest BCUT2D eigenvalue weighted by molar-refractivity contribution is 0.283. The maximum Gasteiger partial charge on any atom is 0.159 e. The Balaban J connectivity index is 0.000000126. The van der Waals surface area contributed by atoms with Crippen LogP contribution in [-0.4, -0.2) is 111 Å². The minimum atomic E-state index is -0.0769. The first-order chi connectivity index (χ1) is 58.5. The number of nitrogens with zero attached hydrogens (tertiary/aromatic N) is 11. The van der Waals surface area contributed by atoms with E-state index in [4.69, 9.17) is 40.4 Å². The normalized spacial score (nSPS) is 11.9. The van der Waals surface area contributed by atoms with Crippen LogP contribution in [0, 0.1) is 0 Å². The highest BCUT2D eigenvalue weighted by molar-refractivity contribution is 6.05. The summed E-state index contributed by atoms with van der Waals surface area (Å²) in [5, 5.41) is 44.9. The third-order valence-corrected chi connectivity index (χ3v) is 21.2. The highest BCUT2D eigenvalue weighted by atomic mass is 16.5. The third kappa shape index (κ3) is 17.3. The second-order valence-electron chi connectivity index (χ2n) is 33.7. The van der Waals surface area contributed by atoms with Crippen LogP contribution in [0.2, 0.25) is 0 Å². The Labute approximate surface area is 700 Å². The number of nitrogens with two attached hydrogens (primary N) is 1. The number of pyridine rings is 3. The van der Waals surface area contributed by atoms with Crippen molar-refractivity contribution < 1.29 is 14.6 Å². The van der Waals surface area contributed by atoms with Crippen molar-refractivity contribution in [3.05, 3.63) is 296 Å². The van der Waals surface area contributed by atoms with Crippen molar-refractivity contribution in [2.24, 2.45) is 5.73 Å². The zero-order valence-corrected chi connectivity index (χ0v) is 69.7. The fourth-order valence-corrected chi connectivity index (χ4v) is 15.2. The molecule has 9 aromatic heterocycles. The molecule has 20 rings (SSSR count). The molecule has 0 fully saturated rings. The second-order valence-corrected chi connectivity index (χ2v) is 33.7. The molecule has 0 aliphatic heterocycles. The van der Waals surface area contributed by atoms with Gasteiger partial charge in [-0.2, -0.15) is 15.3 Å². The summed E-state index contributed by atoms with van der Waals surface area (Å²) in [6, 6.07) is 78.8. The number of H-pyrrole nitrogens is 4. The van der Waals surface area contributed by atoms with Crippen molar-refractivity contribution in [3.63, 3.8) is 0 Å². The van der Waals surface area contributed by atoms with E-state index in [0.29, 0.717) is 18.9 Å². The minimum absolute atomic E-state index is 0. The molecule has 21 heteroatoms. The Morgan fingerprint density at radius 3 is 1.13 bits per heavy atom. The smallest absolute Gasteiger partial charge is 0.159 e. The van der Waals surface area contributed by atoms with Crippen LogP contribution in [0.3, 0.4) is 0 Å². The molecule has 21 nitrogen and oxygen atoms in total. The Morgan fingerprint density at radius 1 is 0.380 bits per heavy atom. The van der Waals surface area contributed by atoms with Gasteiger partial charge in [0.15, 0.2) is 17.5 Å². The molecule has 0 bridgehead atoms. The van der Waals surface area contributed by atoms with Gasteiger partial charge < -0.3 is 45.9 Å². The third-order valence-electron chi connectivity index (χ3n) is 21.2. The largest absolute Gasteiger partial charge is 0.497 e. The van der Waals surface area contributed by atoms with E-state index in [2.05, 4.69) is 267 Å². The van der Waals surface area contributed by atoms with Gasteiger partial charge in [-0.25, -0.2) is 15.0 Å². The van der Waals surface area contributed by atoms with Crippen LogP contribution in [0.5, 0.6) is 11.5 Å². The Kier molecular flexibility index (Phi) is 21.9. The number of para-hydroxylation sites is 3. The Bertz CT molecular complexity index is 7130. The summed E-state index contributed by atoms with van der Waals surface area (Å²) < 4.78 is 14.8. The van der Waals surface area contributed by atoms with E-state index in [1.54, 1.807) is 14.2 Å². The molecule has 0 spiro atoms. The lowest BCUT2D eigenvalue weighted by atomic mass is 9.99. The average molecular weight is 1600 g/mol. The van der Waals surface area contributed by atoms with Crippen molar-refractivity contribution in [1.82, 2.24) is 85.2 Å². The summed E-state index contributed by atoms with van der Waals surface area (Å²) in [5.41, 5.74) is 28.2. The van der Waals surface area contributed by atoms with Gasteiger partial charge in [-0.1, -0.05) is 152 Å². The second kappa shape index (κ2) is 33.4. The zero-order valence-electron chi connectivity index (χ0n) is 69.7. The molecule has 0 aliphatic rings. The van der Waals surface area contributed by atoms with Gasteiger partial charge in [0.05, 0.1) is 83.6 Å². The SMILES string of the molecule is CC(C)(C)N.CC(C)(C)NCc1cccc2[nH]c(-c3n[nH]c4ccc(-c5cncc6ccccc56)cc34)nc12.COc1ccc(Cn2nc(-c3nc4c(CNC(C)(C)C)cccc4[nH]3)c3cc(-c4cncc5ccccc45)ccc32)cc1.COc1ccc(Cn2nc(-c3nc4c(CO)cccc4[nH]3)c3cc(-c4cncc5ccccc45)ccc32)cc1. The van der Waals surface area contributed by atoms with Crippen LogP contribution in [-0.2, 0) is 32.8 Å². The maximum absolute atomic E-state index is 9.85. The highest BCUT2D eigenvalue weighted by Crippen LogP contribution is 2.40. The van der Waals surface area contributed by atoms with Gasteiger partial charge in [0.25, 0.3) is 0 Å². The summed E-state index contributed by atoms with van der Waals surface area (Å²) in [7, 11) is 3.35. The quantitative estimate of drug-likeness (QED) is 0.0421. The summed E-state index contributed by atoms with van der Waals surface area (Å²) in [6.45, 7) is 21.6. The summed E-state index contributed by atoms with van der Waals surface area (Å²) in [4.78, 5) is 39.0. The number of aliphatic hydroxyl groups is 1. The van der Waals surface area contributed by atoms with E-state index in [9.17, 15) is 5.11 Å². The van der Waals surface area contributed by atoms with E-state index in [1.807, 2.05) is 123 Å². The first kappa shape index (κ1) is 79.4. The van der Waals surface area contributed by atoms with Gasteiger partial charge >= 0.3 is 0 Å². The number of nitrogens with one attached hydrogen (secondary N) is 6. The lowest BCUT2D eigenvalue weighted by Gasteiger charge is -2.20. The Morgan fingerprint density at radius 2 is 0.744 bits per heavy atom. The van der Waals surface area contributed by atoms with Gasteiger partial charge in [0, 0.05) is 121 Å². The van der Waals surface area contributed by atoms with Gasteiger partial charge in [-0.3, -0.25) is 29.4 Å². The summed E-state index contributed by atoms with van der Waals surface area (Å²) in [5.74, 6) is 3.84. The summed E-state index contributed by atoms with van der Waals surface area (Å²) in [6.07, 6.45) is 11.5. The molecule has 121 heavy (non-hydrogen) atoms. The fourth-order valence-electron chi connectivity index (χ4n) is 15.2. The topological polar surface area (TPSA) is 278 Å². The average Bonchev–Trinajstić information content (AvgIpc) is 1.58. The first-order valence-corrected chi connectivity index (χ1v) is 40.6. The number of ether oxygens (including phenoxy) is 2. The molecular formula is C100H96N18O3. The van der Waals surface area contributed by atoms with Crippen LogP contribution in [0.25, 0.3) is 166 Å². The fraction of sp³-hybridized carbons (Fsp3) is 0.190. The summed E-state index contributed by atoms with van der Waals surface area (Å²) >= 11 is 0. The van der Waals surface area contributed by atoms with E-state index < -0.39 is 0 Å². The molecule has 20 aromatic rings. The number of aliphatic hydroxyl groups excluding tert-OH is 1. The molecule has 0 radical (unpaired) electrons. The molecule has 0 atom stereocenters. The van der Waals surface area contributed by atoms with E-state index in [1.165, 1.54) is 10.8 Å². The Hall–Kier alpha value is -14.1. The van der Waals surface area contributed by atoms with Crippen LogP contribution >= 0.6 is 0 Å². The minimum Gasteiger partial charge on any atom is -0.497 e. The van der Waals surface area contributed by atoms with E-state index >= 15 is 0 Å². The number of aromatic amines is 4. The number of fused-ring (bicyclic) bond motifs is 9. The number of methoxy groups -OCH3 is 2. The molecule has 0 unspecified atom stereocenters. The molecule has 9 heterocycles. The van der Waals surface area contributed by atoms with Crippen molar-refractivity contribution in [3.8, 4) is 79.4 Å². The molecule has 0 saturated carbocycles. The van der Waals surface area contributed by atoms with Crippen molar-refractivity contribution >= 4 is 98.1 Å². The molecule has 604 valence electrons. The number of hydrogen-bond donors (Lipinski definition) is 8. The number of rotatable bonds is 17. The predicted molar refractivity (Wildman–Crippen MR) is 490 cm³/mol. The monoisotopic (exact) mass is 1600 g/mol. The zero-order chi connectivity index (χ0) is 83.7. The standard InChI is InChI=1S/C36H34N6O.C32H25N5O2.C28H26N6.C4H11N/c1-36(2,3)38-20-26-9-7-11-31-33(26)40-35(39-31)34-29-18-24(30-21-37-19-25-8-5-6-10-28(25)30)14-17-32(29)42(41-34)22-23-12-15-27(43-4)16-13-23;1-39-24-12-9-20(10-13-24)18-37-29-14-11-21(27-17-33-16-22-5-2-3-7-25(22)27)15-26(29)31(36-37)32-34-28-8-4-6-23(19-38)30(28)35-32;1-28(2,3)30-15-19-8-6-10-24-25(19)32-27(31-24)26-21-13-17(11-12-23(21)33-34-26)22-16-29-14-18-7-4-5-9-20(18)22;1-4(2,3)5/h5-19,21,38H,20,22H2,1-4H3,(H,39,40);2-17,38H,18-19H2,1H3,(H,34,35);4-14,16,30H,15H2,1-3H3,(H,31,32)(H,33,34);5H2,1-3H3.